The highest BCUT2D eigenvalue weighted by atomic mass is 16.2. The lowest BCUT2D eigenvalue weighted by atomic mass is 9.76. The van der Waals surface area contributed by atoms with E-state index in [-0.39, 0.29) is 23.0 Å². The van der Waals surface area contributed by atoms with E-state index in [9.17, 15) is 9.59 Å². The summed E-state index contributed by atoms with van der Waals surface area (Å²) in [5.74, 6) is 1.70. The molecule has 1 N–H and O–H groups in total. The number of hydrogen-bond acceptors (Lipinski definition) is 3. The van der Waals surface area contributed by atoms with E-state index >= 15 is 0 Å². The van der Waals surface area contributed by atoms with Crippen LogP contribution in [0, 0.1) is 23.2 Å². The van der Waals surface area contributed by atoms with Crippen LogP contribution in [0.1, 0.15) is 58.8 Å². The van der Waals surface area contributed by atoms with Gasteiger partial charge in [-0.2, -0.15) is 5.10 Å². The molecule has 20 heavy (non-hydrogen) atoms. The molecule has 0 saturated heterocycles. The van der Waals surface area contributed by atoms with E-state index in [1.807, 2.05) is 0 Å². The van der Waals surface area contributed by atoms with E-state index in [1.165, 1.54) is 25.7 Å². The number of nitrogens with zero attached hydrogens (tertiary/aromatic N) is 1. The second kappa shape index (κ2) is 4.97. The van der Waals surface area contributed by atoms with Gasteiger partial charge in [0.25, 0.3) is 0 Å². The monoisotopic (exact) mass is 276 g/mol. The van der Waals surface area contributed by atoms with Gasteiger partial charge in [0.05, 0.1) is 0 Å². The number of hydrogen-bond donors (Lipinski definition) is 1. The molecule has 1 amide bonds. The minimum atomic E-state index is -0.0214. The van der Waals surface area contributed by atoms with Crippen LogP contribution in [0.25, 0.3) is 0 Å². The van der Waals surface area contributed by atoms with Crippen LogP contribution in [0.3, 0.4) is 0 Å². The summed E-state index contributed by atoms with van der Waals surface area (Å²) in [4.78, 5) is 23.8. The maximum atomic E-state index is 12.2. The third kappa shape index (κ3) is 2.79. The van der Waals surface area contributed by atoms with Crippen LogP contribution < -0.4 is 5.43 Å². The molecule has 0 radical (unpaired) electrons. The van der Waals surface area contributed by atoms with Crippen molar-refractivity contribution in [1.82, 2.24) is 5.43 Å². The molecule has 110 valence electrons. The van der Waals surface area contributed by atoms with Gasteiger partial charge in [0.2, 0.25) is 5.91 Å². The Bertz CT molecular complexity index is 455. The lowest BCUT2D eigenvalue weighted by Crippen LogP contribution is -2.31. The summed E-state index contributed by atoms with van der Waals surface area (Å²) < 4.78 is 0. The summed E-state index contributed by atoms with van der Waals surface area (Å²) in [6.07, 6.45) is 6.75. The molecular formula is C16H24N2O2. The molecule has 3 rings (SSSR count). The van der Waals surface area contributed by atoms with Crippen LogP contribution in [0.5, 0.6) is 0 Å². The molecule has 4 nitrogen and oxygen atoms in total. The van der Waals surface area contributed by atoms with Crippen LogP contribution in [0.15, 0.2) is 5.10 Å². The van der Waals surface area contributed by atoms with Crippen molar-refractivity contribution in [3.05, 3.63) is 0 Å². The Balaban J connectivity index is 1.57. The highest BCUT2D eigenvalue weighted by molar-refractivity contribution is 6.05. The molecule has 0 heterocycles. The summed E-state index contributed by atoms with van der Waals surface area (Å²) in [7, 11) is 0. The number of amides is 1. The molecule has 3 saturated carbocycles. The smallest absolute Gasteiger partial charge is 0.243 e. The molecule has 3 aliphatic rings. The third-order valence-electron chi connectivity index (χ3n) is 5.04. The van der Waals surface area contributed by atoms with Gasteiger partial charge in [-0.25, -0.2) is 5.43 Å². The highest BCUT2D eigenvalue weighted by Gasteiger charge is 2.54. The lowest BCUT2D eigenvalue weighted by Gasteiger charge is -2.29. The van der Waals surface area contributed by atoms with Crippen LogP contribution in [-0.4, -0.2) is 17.4 Å². The summed E-state index contributed by atoms with van der Waals surface area (Å²) in [6, 6.07) is 0. The predicted molar refractivity (Wildman–Crippen MR) is 77.2 cm³/mol. The number of nitrogens with one attached hydrogen (secondary N) is 1. The van der Waals surface area contributed by atoms with Crippen molar-refractivity contribution in [1.29, 1.82) is 0 Å². The molecule has 0 aliphatic heterocycles. The topological polar surface area (TPSA) is 58.5 Å². The van der Waals surface area contributed by atoms with Crippen LogP contribution >= 0.6 is 0 Å². The molecule has 0 aromatic heterocycles. The Kier molecular flexibility index (Phi) is 3.43. The van der Waals surface area contributed by atoms with Crippen molar-refractivity contribution in [2.45, 2.75) is 58.8 Å². The molecule has 3 aliphatic carbocycles. The van der Waals surface area contributed by atoms with Gasteiger partial charge in [0.1, 0.15) is 5.78 Å². The average molecular weight is 276 g/mol. The standard InChI is InChI=1S/C16H24N2O2/c1-16(2)8-10(7-11(19)9-16)17-18-15(20)14-12-5-3-4-6-13(12)14/h12-14H,3-9H2,1-2H3,(H,18,20)/b17-10-/t12-,13-/m1/s1. The first-order valence-electron chi connectivity index (χ1n) is 7.83. The molecule has 0 aromatic rings. The molecule has 0 aromatic carbocycles. The minimum absolute atomic E-state index is 0.0214. The number of rotatable bonds is 2. The Hall–Kier alpha value is -1.19. The van der Waals surface area contributed by atoms with E-state index in [0.29, 0.717) is 24.7 Å². The van der Waals surface area contributed by atoms with E-state index in [2.05, 4.69) is 24.4 Å². The molecule has 0 unspecified atom stereocenters. The van der Waals surface area contributed by atoms with Crippen molar-refractivity contribution < 1.29 is 9.59 Å². The summed E-state index contributed by atoms with van der Waals surface area (Å²) in [5, 5.41) is 4.24. The molecule has 4 heteroatoms. The molecule has 2 atom stereocenters. The largest absolute Gasteiger partial charge is 0.299 e. The van der Waals surface area contributed by atoms with Crippen molar-refractivity contribution in [2.24, 2.45) is 28.3 Å². The second-order valence-electron chi connectivity index (χ2n) is 7.53. The first kappa shape index (κ1) is 13.8. The van der Waals surface area contributed by atoms with Gasteiger partial charge in [-0.3, -0.25) is 9.59 Å². The van der Waals surface area contributed by atoms with Crippen LogP contribution in [0.2, 0.25) is 0 Å². The van der Waals surface area contributed by atoms with E-state index < -0.39 is 0 Å². The van der Waals surface area contributed by atoms with Crippen molar-refractivity contribution >= 4 is 17.4 Å². The van der Waals surface area contributed by atoms with Gasteiger partial charge in [-0.05, 0) is 36.5 Å². The summed E-state index contributed by atoms with van der Waals surface area (Å²) >= 11 is 0. The third-order valence-corrected chi connectivity index (χ3v) is 5.04. The fourth-order valence-electron chi connectivity index (χ4n) is 4.17. The zero-order valence-corrected chi connectivity index (χ0v) is 12.4. The Labute approximate surface area is 120 Å². The quantitative estimate of drug-likeness (QED) is 0.788. The average Bonchev–Trinajstić information content (AvgIpc) is 3.08. The van der Waals surface area contributed by atoms with E-state index in [4.69, 9.17) is 0 Å². The number of Topliss-reactive ketones (excluding diaryl/α,β-unsaturated/α-hetero) is 1. The molecule has 3 fully saturated rings. The number of carbonyl (C=O) groups excluding carboxylic acids is 2. The SMILES string of the molecule is CC1(C)CC(=O)C/C(=N/NC(=O)C2[C@@H]3CCCC[C@@H]23)C1. The maximum absolute atomic E-state index is 12.2. The number of fused-ring (bicyclic) bond motifs is 1. The van der Waals surface area contributed by atoms with Crippen molar-refractivity contribution in [3.8, 4) is 0 Å². The second-order valence-corrected chi connectivity index (χ2v) is 7.53. The van der Waals surface area contributed by atoms with Crippen molar-refractivity contribution in [2.75, 3.05) is 0 Å². The fraction of sp³-hybridized carbons (Fsp3) is 0.812. The van der Waals surface area contributed by atoms with E-state index in [1.54, 1.807) is 0 Å². The lowest BCUT2D eigenvalue weighted by molar-refractivity contribution is -0.123. The van der Waals surface area contributed by atoms with Gasteiger partial charge in [0.15, 0.2) is 0 Å². The maximum Gasteiger partial charge on any atom is 0.243 e. The Morgan fingerprint density at radius 3 is 2.45 bits per heavy atom. The minimum Gasteiger partial charge on any atom is -0.299 e. The molecule has 0 bridgehead atoms. The molecular weight excluding hydrogens is 252 g/mol. The summed E-state index contributed by atoms with van der Waals surface area (Å²) in [6.45, 7) is 4.16. The Morgan fingerprint density at radius 1 is 1.20 bits per heavy atom. The number of hydrazone groups is 1. The first-order valence-corrected chi connectivity index (χ1v) is 7.83. The van der Waals surface area contributed by atoms with Gasteiger partial charge >= 0.3 is 0 Å². The van der Waals surface area contributed by atoms with Crippen LogP contribution in [0.4, 0.5) is 0 Å². The van der Waals surface area contributed by atoms with Crippen LogP contribution in [-0.2, 0) is 9.59 Å². The Morgan fingerprint density at radius 2 is 1.85 bits per heavy atom. The van der Waals surface area contributed by atoms with Gasteiger partial charge in [-0.1, -0.05) is 26.7 Å². The first-order chi connectivity index (χ1) is 9.46. The van der Waals surface area contributed by atoms with Gasteiger partial charge < -0.3 is 0 Å². The number of carbonyl (C=O) groups is 2. The summed E-state index contributed by atoms with van der Waals surface area (Å²) in [5.41, 5.74) is 3.54. The predicted octanol–water partition coefficient (Wildman–Crippen LogP) is 2.67. The van der Waals surface area contributed by atoms with E-state index in [0.717, 1.165) is 12.1 Å². The van der Waals surface area contributed by atoms with Gasteiger partial charge in [-0.15, -0.1) is 0 Å². The fourth-order valence-corrected chi connectivity index (χ4v) is 4.17. The highest BCUT2D eigenvalue weighted by Crippen LogP contribution is 2.55. The normalized spacial score (nSPS) is 37.4. The zero-order chi connectivity index (χ0) is 14.3. The molecule has 0 spiro atoms. The van der Waals surface area contributed by atoms with Crippen molar-refractivity contribution in [3.63, 3.8) is 0 Å². The number of ketones is 1. The zero-order valence-electron chi connectivity index (χ0n) is 12.4. The van der Waals surface area contributed by atoms with Gasteiger partial charge in [0, 0.05) is 24.5 Å².